The summed E-state index contributed by atoms with van der Waals surface area (Å²) < 4.78 is 0.973. The van der Waals surface area contributed by atoms with Gasteiger partial charge in [-0.25, -0.2) is 0 Å². The molecule has 2 amide bonds. The second-order valence-corrected chi connectivity index (χ2v) is 7.15. The van der Waals surface area contributed by atoms with Gasteiger partial charge in [0, 0.05) is 42.8 Å². The summed E-state index contributed by atoms with van der Waals surface area (Å²) in [4.78, 5) is 28.1. The summed E-state index contributed by atoms with van der Waals surface area (Å²) in [5, 5.41) is 3.00. The van der Waals surface area contributed by atoms with Crippen LogP contribution in [0.15, 0.2) is 34.8 Å². The van der Waals surface area contributed by atoms with Gasteiger partial charge in [-0.05, 0) is 30.5 Å². The van der Waals surface area contributed by atoms with Gasteiger partial charge in [-0.3, -0.25) is 14.5 Å². The van der Waals surface area contributed by atoms with Crippen LogP contribution in [0.25, 0.3) is 6.08 Å². The molecule has 6 heteroatoms. The minimum atomic E-state index is 0.0211. The first-order chi connectivity index (χ1) is 11.6. The van der Waals surface area contributed by atoms with Gasteiger partial charge in [-0.2, -0.15) is 0 Å². The second-order valence-electron chi connectivity index (χ2n) is 6.30. The number of carbonyl (C=O) groups is 2. The Bertz CT molecular complexity index is 635. The zero-order valence-corrected chi connectivity index (χ0v) is 15.2. The van der Waals surface area contributed by atoms with E-state index in [-0.39, 0.29) is 11.8 Å². The van der Waals surface area contributed by atoms with Crippen LogP contribution in [0.5, 0.6) is 0 Å². The highest BCUT2D eigenvalue weighted by Gasteiger charge is 2.25. The van der Waals surface area contributed by atoms with E-state index in [0.717, 1.165) is 36.0 Å². The number of hydrogen-bond donors (Lipinski definition) is 1. The maximum atomic E-state index is 12.3. The average molecular weight is 392 g/mol. The highest BCUT2D eigenvalue weighted by molar-refractivity contribution is 9.10. The van der Waals surface area contributed by atoms with Crippen LogP contribution in [0.2, 0.25) is 0 Å². The number of amides is 2. The molecule has 1 heterocycles. The maximum Gasteiger partial charge on any atom is 0.246 e. The molecule has 1 aliphatic heterocycles. The minimum absolute atomic E-state index is 0.0211. The fourth-order valence-corrected chi connectivity index (χ4v) is 3.12. The molecule has 1 aromatic carbocycles. The predicted octanol–water partition coefficient (Wildman–Crippen LogP) is 1.89. The Morgan fingerprint density at radius 1 is 1.17 bits per heavy atom. The van der Waals surface area contributed by atoms with E-state index in [1.54, 1.807) is 6.08 Å². The predicted molar refractivity (Wildman–Crippen MR) is 97.4 cm³/mol. The molecule has 0 aromatic heterocycles. The zero-order chi connectivity index (χ0) is 16.9. The monoisotopic (exact) mass is 391 g/mol. The zero-order valence-electron chi connectivity index (χ0n) is 13.6. The molecule has 0 spiro atoms. The third-order valence-electron chi connectivity index (χ3n) is 4.30. The normalized spacial score (nSPS) is 18.8. The van der Waals surface area contributed by atoms with Crippen molar-refractivity contribution >= 4 is 33.8 Å². The maximum absolute atomic E-state index is 12.3. The van der Waals surface area contributed by atoms with E-state index in [2.05, 4.69) is 26.1 Å². The largest absolute Gasteiger partial charge is 0.352 e. The van der Waals surface area contributed by atoms with Crippen molar-refractivity contribution in [3.8, 4) is 0 Å². The number of halogens is 1. The van der Waals surface area contributed by atoms with Crippen LogP contribution >= 0.6 is 15.9 Å². The van der Waals surface area contributed by atoms with E-state index in [1.807, 2.05) is 35.2 Å². The molecule has 2 fully saturated rings. The van der Waals surface area contributed by atoms with Crippen LogP contribution in [-0.4, -0.2) is 60.4 Å². The number of hydrogen-bond acceptors (Lipinski definition) is 3. The van der Waals surface area contributed by atoms with Gasteiger partial charge in [0.25, 0.3) is 0 Å². The molecule has 0 radical (unpaired) electrons. The second kappa shape index (κ2) is 7.94. The molecular weight excluding hydrogens is 370 g/mol. The van der Waals surface area contributed by atoms with Crippen LogP contribution in [0.1, 0.15) is 18.4 Å². The molecule has 0 unspecified atom stereocenters. The fraction of sp³-hybridized carbons (Fsp3) is 0.444. The molecule has 1 aromatic rings. The number of carbonyl (C=O) groups excluding carboxylic acids is 2. The Morgan fingerprint density at radius 3 is 2.54 bits per heavy atom. The quantitative estimate of drug-likeness (QED) is 0.779. The molecule has 1 saturated heterocycles. The molecule has 0 bridgehead atoms. The van der Waals surface area contributed by atoms with E-state index in [0.29, 0.717) is 25.7 Å². The van der Waals surface area contributed by atoms with Crippen LogP contribution in [0.3, 0.4) is 0 Å². The van der Waals surface area contributed by atoms with E-state index in [4.69, 9.17) is 0 Å². The summed E-state index contributed by atoms with van der Waals surface area (Å²) in [7, 11) is 0. The van der Waals surface area contributed by atoms with Gasteiger partial charge in [0.2, 0.25) is 11.8 Å². The summed E-state index contributed by atoms with van der Waals surface area (Å²) in [6, 6.07) is 8.21. The highest BCUT2D eigenvalue weighted by atomic mass is 79.9. The molecule has 128 valence electrons. The van der Waals surface area contributed by atoms with Crippen LogP contribution in [0, 0.1) is 0 Å². The van der Waals surface area contributed by atoms with Gasteiger partial charge >= 0.3 is 0 Å². The number of piperazine rings is 1. The van der Waals surface area contributed by atoms with Crippen LogP contribution in [0.4, 0.5) is 0 Å². The van der Waals surface area contributed by atoms with Crippen LogP contribution < -0.4 is 5.32 Å². The molecule has 5 nitrogen and oxygen atoms in total. The first kappa shape index (κ1) is 17.2. The van der Waals surface area contributed by atoms with E-state index in [9.17, 15) is 9.59 Å². The van der Waals surface area contributed by atoms with Crippen molar-refractivity contribution in [2.45, 2.75) is 18.9 Å². The Kier molecular flexibility index (Phi) is 5.68. The molecule has 24 heavy (non-hydrogen) atoms. The smallest absolute Gasteiger partial charge is 0.246 e. The lowest BCUT2D eigenvalue weighted by molar-refractivity contribution is -0.128. The Hall–Kier alpha value is -1.66. The third kappa shape index (κ3) is 4.92. The van der Waals surface area contributed by atoms with Crippen molar-refractivity contribution in [3.63, 3.8) is 0 Å². The SMILES string of the molecule is O=C(CN1CCN(C(=O)/C=C/c2ccccc2Br)CC1)NC1CC1. The molecular formula is C18H22BrN3O2. The van der Waals surface area contributed by atoms with Crippen molar-refractivity contribution in [2.24, 2.45) is 0 Å². The van der Waals surface area contributed by atoms with Gasteiger partial charge in [-0.15, -0.1) is 0 Å². The summed E-state index contributed by atoms with van der Waals surface area (Å²) in [5.41, 5.74) is 0.987. The Labute approximate surface area is 150 Å². The van der Waals surface area contributed by atoms with Gasteiger partial charge < -0.3 is 10.2 Å². The lowest BCUT2D eigenvalue weighted by Gasteiger charge is -2.33. The molecule has 1 saturated carbocycles. The molecule has 1 N–H and O–H groups in total. The van der Waals surface area contributed by atoms with Crippen molar-refractivity contribution < 1.29 is 9.59 Å². The van der Waals surface area contributed by atoms with Crippen molar-refractivity contribution in [2.75, 3.05) is 32.7 Å². The minimum Gasteiger partial charge on any atom is -0.352 e. The third-order valence-corrected chi connectivity index (χ3v) is 5.03. The Balaban J connectivity index is 1.44. The number of nitrogens with zero attached hydrogens (tertiary/aromatic N) is 2. The van der Waals surface area contributed by atoms with E-state index in [1.165, 1.54) is 0 Å². The molecule has 1 aliphatic carbocycles. The number of benzene rings is 1. The molecule has 2 aliphatic rings. The number of rotatable bonds is 5. The molecule has 3 rings (SSSR count). The number of nitrogens with one attached hydrogen (secondary N) is 1. The lowest BCUT2D eigenvalue weighted by Crippen LogP contribution is -2.51. The topological polar surface area (TPSA) is 52.7 Å². The lowest BCUT2D eigenvalue weighted by atomic mass is 10.2. The van der Waals surface area contributed by atoms with E-state index >= 15 is 0 Å². The van der Waals surface area contributed by atoms with Gasteiger partial charge in [0.15, 0.2) is 0 Å². The highest BCUT2D eigenvalue weighted by Crippen LogP contribution is 2.19. The first-order valence-electron chi connectivity index (χ1n) is 8.35. The standard InChI is InChI=1S/C18H22BrN3O2/c19-16-4-2-1-3-14(16)5-8-18(24)22-11-9-21(10-12-22)13-17(23)20-15-6-7-15/h1-5,8,15H,6-7,9-13H2,(H,20,23)/b8-5+. The molecule has 0 atom stereocenters. The summed E-state index contributed by atoms with van der Waals surface area (Å²) in [6.45, 7) is 3.25. The summed E-state index contributed by atoms with van der Waals surface area (Å²) >= 11 is 3.47. The van der Waals surface area contributed by atoms with Crippen molar-refractivity contribution in [1.29, 1.82) is 0 Å². The van der Waals surface area contributed by atoms with Crippen molar-refractivity contribution in [3.05, 3.63) is 40.4 Å². The van der Waals surface area contributed by atoms with Crippen molar-refractivity contribution in [1.82, 2.24) is 15.1 Å². The summed E-state index contributed by atoms with van der Waals surface area (Å²) in [6.07, 6.45) is 5.67. The first-order valence-corrected chi connectivity index (χ1v) is 9.14. The van der Waals surface area contributed by atoms with Crippen LogP contribution in [-0.2, 0) is 9.59 Å². The fourth-order valence-electron chi connectivity index (χ4n) is 2.71. The summed E-state index contributed by atoms with van der Waals surface area (Å²) in [5.74, 6) is 0.124. The van der Waals surface area contributed by atoms with Gasteiger partial charge in [0.1, 0.15) is 0 Å². The van der Waals surface area contributed by atoms with Gasteiger partial charge in [-0.1, -0.05) is 34.1 Å². The van der Waals surface area contributed by atoms with E-state index < -0.39 is 0 Å². The Morgan fingerprint density at radius 2 is 1.88 bits per heavy atom. The van der Waals surface area contributed by atoms with Gasteiger partial charge in [0.05, 0.1) is 6.54 Å². The average Bonchev–Trinajstić information content (AvgIpc) is 3.38.